The Kier molecular flexibility index (Phi) is 6.29. The molecule has 0 aliphatic carbocycles. The van der Waals surface area contributed by atoms with Crippen molar-refractivity contribution in [1.29, 1.82) is 0 Å². The number of amides is 2. The van der Waals surface area contributed by atoms with Crippen LogP contribution < -0.4 is 10.1 Å². The molecular formula is C21H19F3N2O4. The number of nitrogens with zero attached hydrogens (tertiary/aromatic N) is 1. The number of nitrogens with one attached hydrogen (secondary N) is 1. The van der Waals surface area contributed by atoms with Gasteiger partial charge in [-0.1, -0.05) is 12.1 Å². The summed E-state index contributed by atoms with van der Waals surface area (Å²) >= 11 is 0. The largest absolute Gasteiger partial charge is 0.484 e. The van der Waals surface area contributed by atoms with E-state index in [1.54, 1.807) is 13.0 Å². The molecule has 3 rings (SSSR count). The molecule has 0 spiro atoms. The highest BCUT2D eigenvalue weighted by Gasteiger charge is 2.37. The maximum atomic E-state index is 13.9. The Morgan fingerprint density at radius 2 is 1.87 bits per heavy atom. The molecule has 0 radical (unpaired) electrons. The molecule has 2 aromatic rings. The summed E-state index contributed by atoms with van der Waals surface area (Å²) in [6, 6.07) is 6.62. The van der Waals surface area contributed by atoms with E-state index < -0.39 is 35.5 Å². The van der Waals surface area contributed by atoms with Crippen LogP contribution >= 0.6 is 0 Å². The van der Waals surface area contributed by atoms with Crippen LogP contribution in [0.15, 0.2) is 53.7 Å². The van der Waals surface area contributed by atoms with Crippen molar-refractivity contribution in [2.45, 2.75) is 13.0 Å². The smallest absolute Gasteiger partial charge is 0.338 e. The van der Waals surface area contributed by atoms with Gasteiger partial charge in [-0.15, -0.1) is 0 Å². The van der Waals surface area contributed by atoms with Crippen LogP contribution in [0.2, 0.25) is 0 Å². The summed E-state index contributed by atoms with van der Waals surface area (Å²) < 4.78 is 51.4. The lowest BCUT2D eigenvalue weighted by molar-refractivity contribution is -0.139. The number of likely N-dealkylation sites (N-methyl/N-ethyl adjacent to an activating group) is 1. The number of hydrogen-bond donors (Lipinski definition) is 1. The van der Waals surface area contributed by atoms with Crippen molar-refractivity contribution in [1.82, 2.24) is 10.2 Å². The first-order valence-corrected chi connectivity index (χ1v) is 9.09. The highest BCUT2D eigenvalue weighted by Crippen LogP contribution is 2.32. The summed E-state index contributed by atoms with van der Waals surface area (Å²) in [5.74, 6) is -3.25. The van der Waals surface area contributed by atoms with Gasteiger partial charge in [0.05, 0.1) is 23.9 Å². The number of rotatable bonds is 6. The van der Waals surface area contributed by atoms with Crippen molar-refractivity contribution >= 4 is 12.0 Å². The Hall–Kier alpha value is -3.49. The van der Waals surface area contributed by atoms with Crippen molar-refractivity contribution in [3.8, 4) is 5.75 Å². The molecule has 0 unspecified atom stereocenters. The van der Waals surface area contributed by atoms with Crippen LogP contribution in [-0.4, -0.2) is 37.2 Å². The van der Waals surface area contributed by atoms with Gasteiger partial charge in [0, 0.05) is 13.1 Å². The van der Waals surface area contributed by atoms with Gasteiger partial charge in [-0.2, -0.15) is 0 Å². The quantitative estimate of drug-likeness (QED) is 0.724. The van der Waals surface area contributed by atoms with E-state index in [0.29, 0.717) is 11.6 Å². The normalized spacial score (nSPS) is 16.4. The Morgan fingerprint density at radius 3 is 2.53 bits per heavy atom. The Morgan fingerprint density at radius 1 is 1.13 bits per heavy atom. The number of benzene rings is 2. The maximum Gasteiger partial charge on any atom is 0.338 e. The molecule has 6 nitrogen and oxygen atoms in total. The van der Waals surface area contributed by atoms with Crippen LogP contribution in [0, 0.1) is 17.5 Å². The lowest BCUT2D eigenvalue weighted by atomic mass is 9.94. The molecule has 1 aliphatic rings. The molecule has 0 fully saturated rings. The third-order valence-electron chi connectivity index (χ3n) is 4.51. The van der Waals surface area contributed by atoms with E-state index in [2.05, 4.69) is 5.32 Å². The van der Waals surface area contributed by atoms with Crippen LogP contribution in [0.3, 0.4) is 0 Å². The third-order valence-corrected chi connectivity index (χ3v) is 4.51. The molecule has 0 saturated heterocycles. The van der Waals surface area contributed by atoms with Crippen molar-refractivity contribution in [2.24, 2.45) is 0 Å². The summed E-state index contributed by atoms with van der Waals surface area (Å²) in [6.45, 7) is 1.30. The summed E-state index contributed by atoms with van der Waals surface area (Å²) in [5, 5.41) is 2.63. The van der Waals surface area contributed by atoms with Crippen LogP contribution in [0.1, 0.15) is 18.5 Å². The first-order chi connectivity index (χ1) is 14.3. The second kappa shape index (κ2) is 8.89. The molecule has 0 saturated carbocycles. The molecule has 1 heterocycles. The zero-order valence-electron chi connectivity index (χ0n) is 16.2. The van der Waals surface area contributed by atoms with Crippen molar-refractivity contribution in [3.63, 3.8) is 0 Å². The molecule has 2 amide bonds. The average Bonchev–Trinajstić information content (AvgIpc) is 2.70. The second-order valence-electron chi connectivity index (χ2n) is 6.44. The molecule has 9 heteroatoms. The van der Waals surface area contributed by atoms with Crippen LogP contribution in [0.4, 0.5) is 18.0 Å². The van der Waals surface area contributed by atoms with E-state index in [9.17, 15) is 22.8 Å². The maximum absolute atomic E-state index is 13.9. The van der Waals surface area contributed by atoms with Crippen LogP contribution in [0.5, 0.6) is 5.75 Å². The minimum absolute atomic E-state index is 0.0204. The van der Waals surface area contributed by atoms with Crippen LogP contribution in [0.25, 0.3) is 0 Å². The first-order valence-electron chi connectivity index (χ1n) is 9.09. The predicted octanol–water partition coefficient (Wildman–Crippen LogP) is 3.70. The van der Waals surface area contributed by atoms with E-state index in [1.807, 2.05) is 0 Å². The molecular weight excluding hydrogens is 401 g/mol. The van der Waals surface area contributed by atoms with Gasteiger partial charge in [0.15, 0.2) is 11.6 Å². The van der Waals surface area contributed by atoms with Crippen molar-refractivity contribution < 1.29 is 32.2 Å². The van der Waals surface area contributed by atoms with Gasteiger partial charge in [0.1, 0.15) is 18.2 Å². The van der Waals surface area contributed by atoms with E-state index in [0.717, 1.165) is 17.0 Å². The third kappa shape index (κ3) is 4.40. The number of hydrogen-bond acceptors (Lipinski definition) is 4. The molecule has 2 aromatic carbocycles. The zero-order chi connectivity index (χ0) is 21.8. The van der Waals surface area contributed by atoms with Gasteiger partial charge >= 0.3 is 12.0 Å². The fraction of sp³-hybridized carbons (Fsp3) is 0.238. The summed E-state index contributed by atoms with van der Waals surface area (Å²) in [5.41, 5.74) is 0.451. The summed E-state index contributed by atoms with van der Waals surface area (Å²) in [7, 11) is 1.40. The summed E-state index contributed by atoms with van der Waals surface area (Å²) in [4.78, 5) is 26.3. The lowest BCUT2D eigenvalue weighted by Gasteiger charge is -2.34. The highest BCUT2D eigenvalue weighted by atomic mass is 19.1. The molecule has 0 bridgehead atoms. The minimum Gasteiger partial charge on any atom is -0.484 e. The Balaban J connectivity index is 2.04. The first kappa shape index (κ1) is 21.2. The lowest BCUT2D eigenvalue weighted by Crippen LogP contribution is -2.48. The van der Waals surface area contributed by atoms with Crippen molar-refractivity contribution in [2.75, 3.05) is 20.3 Å². The van der Waals surface area contributed by atoms with E-state index in [-0.39, 0.29) is 30.2 Å². The standard InChI is InChI=1S/C21H19F3N2O4/c1-3-29-20(27)18-16(11-30-17-8-7-14(23)10-15(17)24)26(2)21(28)25-19(18)12-5-4-6-13(22)9-12/h4-10,19H,3,11H2,1-2H3,(H,25,28)/t19-/m0/s1. The van der Waals surface area contributed by atoms with Gasteiger partial charge in [0.25, 0.3) is 0 Å². The number of halogens is 3. The molecule has 1 N–H and O–H groups in total. The van der Waals surface area contributed by atoms with E-state index in [4.69, 9.17) is 9.47 Å². The van der Waals surface area contributed by atoms with Crippen LogP contribution in [-0.2, 0) is 9.53 Å². The van der Waals surface area contributed by atoms with Gasteiger partial charge in [-0.3, -0.25) is 4.90 Å². The molecule has 1 atom stereocenters. The number of carbonyl (C=O) groups is 2. The zero-order valence-corrected chi connectivity index (χ0v) is 16.2. The van der Waals surface area contributed by atoms with Gasteiger partial charge in [-0.25, -0.2) is 22.8 Å². The fourth-order valence-electron chi connectivity index (χ4n) is 3.06. The molecule has 0 aromatic heterocycles. The Labute approximate surface area is 170 Å². The monoisotopic (exact) mass is 420 g/mol. The second-order valence-corrected chi connectivity index (χ2v) is 6.44. The topological polar surface area (TPSA) is 67.9 Å². The average molecular weight is 420 g/mol. The molecule has 1 aliphatic heterocycles. The summed E-state index contributed by atoms with van der Waals surface area (Å²) in [6.07, 6.45) is 0. The minimum atomic E-state index is -1.000. The number of carbonyl (C=O) groups excluding carboxylic acids is 2. The molecule has 158 valence electrons. The van der Waals surface area contributed by atoms with E-state index in [1.165, 1.54) is 25.2 Å². The molecule has 30 heavy (non-hydrogen) atoms. The van der Waals surface area contributed by atoms with Gasteiger partial charge in [-0.05, 0) is 36.8 Å². The number of ether oxygens (including phenoxy) is 2. The fourth-order valence-corrected chi connectivity index (χ4v) is 3.06. The predicted molar refractivity (Wildman–Crippen MR) is 101 cm³/mol. The van der Waals surface area contributed by atoms with Gasteiger partial charge < -0.3 is 14.8 Å². The highest BCUT2D eigenvalue weighted by molar-refractivity contribution is 5.95. The van der Waals surface area contributed by atoms with Crippen molar-refractivity contribution in [3.05, 3.63) is 76.7 Å². The SMILES string of the molecule is CCOC(=O)C1=C(COc2ccc(F)cc2F)N(C)C(=O)N[C@H]1c1cccc(F)c1. The number of urea groups is 1. The van der Waals surface area contributed by atoms with E-state index >= 15 is 0 Å². The Bertz CT molecular complexity index is 1010. The number of esters is 1. The van der Waals surface area contributed by atoms with Gasteiger partial charge in [0.2, 0.25) is 0 Å².